The minimum Gasteiger partial charge on any atom is -0.493 e. The molecule has 1 aromatic rings. The van der Waals surface area contributed by atoms with Gasteiger partial charge in [-0.15, -0.1) is 13.2 Å². The quantitative estimate of drug-likeness (QED) is 0.783. The molecule has 0 unspecified atom stereocenters. The van der Waals surface area contributed by atoms with Crippen LogP contribution in [-0.2, 0) is 16.0 Å². The molecule has 18 heavy (non-hydrogen) atoms. The summed E-state index contributed by atoms with van der Waals surface area (Å²) in [6, 6.07) is 3.83. The van der Waals surface area contributed by atoms with Crippen molar-refractivity contribution in [3.8, 4) is 11.5 Å². The molecule has 1 rings (SSSR count). The van der Waals surface area contributed by atoms with Crippen molar-refractivity contribution in [1.29, 1.82) is 0 Å². The van der Waals surface area contributed by atoms with Gasteiger partial charge in [-0.2, -0.15) is 0 Å². The monoisotopic (exact) mass is 264 g/mol. The molecule has 1 aromatic carbocycles. The molecule has 7 heteroatoms. The van der Waals surface area contributed by atoms with Crippen LogP contribution in [0.15, 0.2) is 18.2 Å². The van der Waals surface area contributed by atoms with Gasteiger partial charge < -0.3 is 14.2 Å². The summed E-state index contributed by atoms with van der Waals surface area (Å²) < 4.78 is 49.4. The Kier molecular flexibility index (Phi) is 4.41. The van der Waals surface area contributed by atoms with Gasteiger partial charge in [0.05, 0.1) is 20.6 Å². The van der Waals surface area contributed by atoms with Crippen LogP contribution in [0.3, 0.4) is 0 Å². The summed E-state index contributed by atoms with van der Waals surface area (Å²) in [5.74, 6) is -1.12. The van der Waals surface area contributed by atoms with Crippen molar-refractivity contribution >= 4 is 5.97 Å². The topological polar surface area (TPSA) is 44.8 Å². The van der Waals surface area contributed by atoms with Gasteiger partial charge in [0.2, 0.25) is 0 Å². The first-order valence-electron chi connectivity index (χ1n) is 4.85. The van der Waals surface area contributed by atoms with Gasteiger partial charge >= 0.3 is 12.3 Å². The van der Waals surface area contributed by atoms with Crippen molar-refractivity contribution in [3.05, 3.63) is 23.8 Å². The van der Waals surface area contributed by atoms with E-state index in [2.05, 4.69) is 9.47 Å². The second-order valence-corrected chi connectivity index (χ2v) is 3.29. The second-order valence-electron chi connectivity index (χ2n) is 3.29. The average Bonchev–Trinajstić information content (AvgIpc) is 2.27. The Morgan fingerprint density at radius 3 is 2.39 bits per heavy atom. The molecule has 0 heterocycles. The van der Waals surface area contributed by atoms with E-state index in [4.69, 9.17) is 4.74 Å². The summed E-state index contributed by atoms with van der Waals surface area (Å²) in [4.78, 5) is 11.0. The normalized spacial score (nSPS) is 10.9. The van der Waals surface area contributed by atoms with Crippen LogP contribution in [0, 0.1) is 0 Å². The lowest BCUT2D eigenvalue weighted by Crippen LogP contribution is -2.18. The molecule has 0 spiro atoms. The number of carbonyl (C=O) groups excluding carboxylic acids is 1. The van der Waals surface area contributed by atoms with Crippen LogP contribution in [-0.4, -0.2) is 26.6 Å². The molecule has 4 nitrogen and oxygen atoms in total. The maximum Gasteiger partial charge on any atom is 0.573 e. The maximum atomic E-state index is 12.1. The minimum atomic E-state index is -4.82. The summed E-state index contributed by atoms with van der Waals surface area (Å²) in [6.07, 6.45) is -4.97. The first-order chi connectivity index (χ1) is 8.35. The molecular formula is C11H11F3O4. The number of esters is 1. The fraction of sp³-hybridized carbons (Fsp3) is 0.364. The second kappa shape index (κ2) is 5.61. The molecule has 0 bridgehead atoms. The average molecular weight is 264 g/mol. The van der Waals surface area contributed by atoms with Crippen LogP contribution in [0.4, 0.5) is 13.2 Å². The number of hydrogen-bond acceptors (Lipinski definition) is 4. The van der Waals surface area contributed by atoms with Crippen molar-refractivity contribution in [2.75, 3.05) is 14.2 Å². The van der Waals surface area contributed by atoms with Crippen LogP contribution in [0.5, 0.6) is 11.5 Å². The number of rotatable bonds is 4. The van der Waals surface area contributed by atoms with E-state index in [1.165, 1.54) is 26.4 Å². The predicted octanol–water partition coefficient (Wildman–Crippen LogP) is 2.31. The zero-order valence-corrected chi connectivity index (χ0v) is 9.71. The number of ether oxygens (including phenoxy) is 3. The van der Waals surface area contributed by atoms with Gasteiger partial charge in [-0.3, -0.25) is 4.79 Å². The summed E-state index contributed by atoms with van der Waals surface area (Å²) >= 11 is 0. The highest BCUT2D eigenvalue weighted by Crippen LogP contribution is 2.33. The van der Waals surface area contributed by atoms with Crippen LogP contribution in [0.1, 0.15) is 5.56 Å². The fourth-order valence-electron chi connectivity index (χ4n) is 1.27. The Labute approximate surface area is 101 Å². The molecule has 100 valence electrons. The number of carbonyl (C=O) groups is 1. The zero-order chi connectivity index (χ0) is 13.8. The Hall–Kier alpha value is -1.92. The van der Waals surface area contributed by atoms with E-state index in [0.29, 0.717) is 5.56 Å². The Morgan fingerprint density at radius 1 is 1.22 bits per heavy atom. The molecule has 0 aliphatic rings. The van der Waals surface area contributed by atoms with Crippen LogP contribution < -0.4 is 9.47 Å². The molecule has 0 atom stereocenters. The van der Waals surface area contributed by atoms with Gasteiger partial charge in [-0.05, 0) is 17.7 Å². The Bertz CT molecular complexity index is 429. The van der Waals surface area contributed by atoms with Gasteiger partial charge in [0.15, 0.2) is 11.5 Å². The number of hydrogen-bond donors (Lipinski definition) is 0. The number of halogens is 3. The molecule has 0 N–H and O–H groups in total. The number of alkyl halides is 3. The highest BCUT2D eigenvalue weighted by atomic mass is 19.4. The van der Waals surface area contributed by atoms with Gasteiger partial charge in [0.1, 0.15) is 0 Å². The molecule has 0 fully saturated rings. The number of benzene rings is 1. The lowest BCUT2D eigenvalue weighted by molar-refractivity contribution is -0.275. The third-order valence-corrected chi connectivity index (χ3v) is 2.03. The molecule has 0 amide bonds. The standard InChI is InChI=1S/C11H11F3O4/c1-16-8-4-3-7(6-10(15)17-2)5-9(8)18-11(12,13)14/h3-5H,6H2,1-2H3. The van der Waals surface area contributed by atoms with Crippen molar-refractivity contribution in [1.82, 2.24) is 0 Å². The fourth-order valence-corrected chi connectivity index (χ4v) is 1.27. The minimum absolute atomic E-state index is 0.0686. The van der Waals surface area contributed by atoms with Crippen LogP contribution in [0.25, 0.3) is 0 Å². The van der Waals surface area contributed by atoms with Crippen LogP contribution in [0.2, 0.25) is 0 Å². The largest absolute Gasteiger partial charge is 0.573 e. The van der Waals surface area contributed by atoms with Gasteiger partial charge in [-0.1, -0.05) is 6.07 Å². The molecule has 0 aromatic heterocycles. The van der Waals surface area contributed by atoms with Crippen molar-refractivity contribution in [2.45, 2.75) is 12.8 Å². The smallest absolute Gasteiger partial charge is 0.493 e. The highest BCUT2D eigenvalue weighted by Gasteiger charge is 2.32. The lowest BCUT2D eigenvalue weighted by Gasteiger charge is -2.13. The van der Waals surface area contributed by atoms with E-state index in [-0.39, 0.29) is 12.2 Å². The van der Waals surface area contributed by atoms with E-state index < -0.39 is 18.1 Å². The third-order valence-electron chi connectivity index (χ3n) is 2.03. The van der Waals surface area contributed by atoms with E-state index >= 15 is 0 Å². The molecule has 0 saturated heterocycles. The summed E-state index contributed by atoms with van der Waals surface area (Å²) in [5.41, 5.74) is 0.335. The highest BCUT2D eigenvalue weighted by molar-refractivity contribution is 5.72. The molecular weight excluding hydrogens is 253 g/mol. The van der Waals surface area contributed by atoms with Gasteiger partial charge in [0.25, 0.3) is 0 Å². The first-order valence-corrected chi connectivity index (χ1v) is 4.85. The summed E-state index contributed by atoms with van der Waals surface area (Å²) in [7, 11) is 2.41. The van der Waals surface area contributed by atoms with Crippen LogP contribution >= 0.6 is 0 Å². The first kappa shape index (κ1) is 14.1. The van der Waals surface area contributed by atoms with Gasteiger partial charge in [-0.25, -0.2) is 0 Å². The molecule has 0 saturated carbocycles. The Balaban J connectivity index is 2.98. The van der Waals surface area contributed by atoms with Gasteiger partial charge in [0, 0.05) is 0 Å². The summed E-state index contributed by atoms with van der Waals surface area (Å²) in [5, 5.41) is 0. The molecule has 0 radical (unpaired) electrons. The molecule has 0 aliphatic heterocycles. The SMILES string of the molecule is COC(=O)Cc1ccc(OC)c(OC(F)(F)F)c1. The van der Waals surface area contributed by atoms with E-state index in [0.717, 1.165) is 6.07 Å². The van der Waals surface area contributed by atoms with E-state index in [1.54, 1.807) is 0 Å². The van der Waals surface area contributed by atoms with E-state index in [9.17, 15) is 18.0 Å². The molecule has 0 aliphatic carbocycles. The zero-order valence-electron chi connectivity index (χ0n) is 9.71. The van der Waals surface area contributed by atoms with Crippen molar-refractivity contribution in [3.63, 3.8) is 0 Å². The predicted molar refractivity (Wildman–Crippen MR) is 55.4 cm³/mol. The third kappa shape index (κ3) is 4.15. The Morgan fingerprint density at radius 2 is 1.89 bits per heavy atom. The van der Waals surface area contributed by atoms with Crippen molar-refractivity contribution < 1.29 is 32.2 Å². The lowest BCUT2D eigenvalue weighted by atomic mass is 10.1. The van der Waals surface area contributed by atoms with Crippen molar-refractivity contribution in [2.24, 2.45) is 0 Å². The summed E-state index contributed by atoms with van der Waals surface area (Å²) in [6.45, 7) is 0. The number of methoxy groups -OCH3 is 2. The maximum absolute atomic E-state index is 12.1. The van der Waals surface area contributed by atoms with E-state index in [1.807, 2.05) is 0 Å².